The molecule has 2 aliphatic heterocycles. The second-order valence-corrected chi connectivity index (χ2v) is 6.71. The van der Waals surface area contributed by atoms with Crippen molar-refractivity contribution >= 4 is 29.5 Å². The van der Waals surface area contributed by atoms with Gasteiger partial charge in [-0.2, -0.15) is 0 Å². The van der Waals surface area contributed by atoms with Crippen LogP contribution in [0.3, 0.4) is 0 Å². The van der Waals surface area contributed by atoms with E-state index >= 15 is 0 Å². The maximum atomic E-state index is 12.7. The number of nitrogens with two attached hydrogens (primary N) is 1. The van der Waals surface area contributed by atoms with Crippen molar-refractivity contribution in [1.82, 2.24) is 15.5 Å². The lowest BCUT2D eigenvalue weighted by Crippen LogP contribution is -2.55. The monoisotopic (exact) mass is 314 g/mol. The first-order valence-electron chi connectivity index (χ1n) is 7.16. The fourth-order valence-corrected chi connectivity index (χ4v) is 4.06. The zero-order chi connectivity index (χ0) is 15.6. The van der Waals surface area contributed by atoms with Crippen LogP contribution < -0.4 is 16.4 Å². The number of fused-ring (bicyclic) bond motifs is 1. The Balaban J connectivity index is 2.12. The summed E-state index contributed by atoms with van der Waals surface area (Å²) in [6.45, 7) is 1.73. The summed E-state index contributed by atoms with van der Waals surface area (Å²) in [6.07, 6.45) is 1.95. The van der Waals surface area contributed by atoms with Gasteiger partial charge in [0.25, 0.3) is 0 Å². The van der Waals surface area contributed by atoms with E-state index in [0.717, 1.165) is 12.2 Å². The molecule has 0 saturated carbocycles. The molecule has 0 aromatic rings. The zero-order valence-corrected chi connectivity index (χ0v) is 13.1. The van der Waals surface area contributed by atoms with E-state index in [-0.39, 0.29) is 23.2 Å². The number of hydrogen-bond acceptors (Lipinski definition) is 5. The SMILES string of the molecule is CN[C@@H](C)C(=O)NC1CCSC2CCC(C(N)=O)N2C1=O. The highest BCUT2D eigenvalue weighted by Crippen LogP contribution is 2.35. The summed E-state index contributed by atoms with van der Waals surface area (Å²) >= 11 is 1.65. The van der Waals surface area contributed by atoms with Crippen LogP contribution in [0.2, 0.25) is 0 Å². The van der Waals surface area contributed by atoms with E-state index in [1.54, 1.807) is 30.6 Å². The molecule has 21 heavy (non-hydrogen) atoms. The van der Waals surface area contributed by atoms with Crippen molar-refractivity contribution < 1.29 is 14.4 Å². The standard InChI is InChI=1S/C13H22N4O3S/c1-7(15-2)12(19)16-8-5-6-21-10-4-3-9(11(14)18)17(10)13(8)20/h7-10,15H,3-6H2,1-2H3,(H2,14,18)(H,16,19)/t7-,8?,9?,10?/m0/s1. The van der Waals surface area contributed by atoms with Crippen molar-refractivity contribution in [2.24, 2.45) is 5.73 Å². The van der Waals surface area contributed by atoms with Gasteiger partial charge >= 0.3 is 0 Å². The molecular formula is C13H22N4O3S. The van der Waals surface area contributed by atoms with Gasteiger partial charge in [0, 0.05) is 0 Å². The molecule has 2 rings (SSSR count). The molecule has 0 aromatic heterocycles. The number of primary amides is 1. The molecule has 0 bridgehead atoms. The summed E-state index contributed by atoms with van der Waals surface area (Å²) in [5, 5.41) is 5.61. The van der Waals surface area contributed by atoms with Gasteiger partial charge in [-0.3, -0.25) is 14.4 Å². The van der Waals surface area contributed by atoms with Crippen LogP contribution in [0.15, 0.2) is 0 Å². The Labute approximate surface area is 128 Å². The Morgan fingerprint density at radius 1 is 1.38 bits per heavy atom. The highest BCUT2D eigenvalue weighted by molar-refractivity contribution is 7.99. The quantitative estimate of drug-likeness (QED) is 0.618. The van der Waals surface area contributed by atoms with Crippen molar-refractivity contribution in [2.75, 3.05) is 12.8 Å². The Kier molecular flexibility index (Phi) is 5.10. The van der Waals surface area contributed by atoms with Gasteiger partial charge in [0.05, 0.1) is 11.4 Å². The summed E-state index contributed by atoms with van der Waals surface area (Å²) in [7, 11) is 1.69. The van der Waals surface area contributed by atoms with Crippen LogP contribution in [-0.4, -0.2) is 58.9 Å². The fourth-order valence-electron chi connectivity index (χ4n) is 2.70. The van der Waals surface area contributed by atoms with Crippen LogP contribution in [0.4, 0.5) is 0 Å². The molecule has 3 unspecified atom stereocenters. The second-order valence-electron chi connectivity index (χ2n) is 5.43. The predicted octanol–water partition coefficient (Wildman–Crippen LogP) is -0.982. The van der Waals surface area contributed by atoms with Crippen LogP contribution in [-0.2, 0) is 14.4 Å². The number of likely N-dealkylation sites (N-methyl/N-ethyl adjacent to an activating group) is 1. The van der Waals surface area contributed by atoms with Crippen molar-refractivity contribution in [1.29, 1.82) is 0 Å². The molecule has 0 aliphatic carbocycles. The molecule has 0 radical (unpaired) electrons. The zero-order valence-electron chi connectivity index (χ0n) is 12.3. The van der Waals surface area contributed by atoms with E-state index in [1.165, 1.54) is 0 Å². The number of nitrogens with zero attached hydrogens (tertiary/aromatic N) is 1. The van der Waals surface area contributed by atoms with E-state index in [0.29, 0.717) is 12.8 Å². The smallest absolute Gasteiger partial charge is 0.246 e. The maximum absolute atomic E-state index is 12.7. The molecule has 4 atom stereocenters. The molecule has 3 amide bonds. The largest absolute Gasteiger partial charge is 0.368 e. The van der Waals surface area contributed by atoms with Crippen molar-refractivity contribution in [2.45, 2.75) is 49.7 Å². The number of carbonyl (C=O) groups is 3. The van der Waals surface area contributed by atoms with Gasteiger partial charge in [0.15, 0.2) is 0 Å². The lowest BCUT2D eigenvalue weighted by Gasteiger charge is -2.29. The number of hydrogen-bond donors (Lipinski definition) is 3. The molecule has 2 heterocycles. The fraction of sp³-hybridized carbons (Fsp3) is 0.769. The Bertz CT molecular complexity index is 445. The van der Waals surface area contributed by atoms with E-state index in [9.17, 15) is 14.4 Å². The number of thioether (sulfide) groups is 1. The first-order chi connectivity index (χ1) is 9.95. The minimum Gasteiger partial charge on any atom is -0.368 e. The lowest BCUT2D eigenvalue weighted by atomic mass is 10.1. The molecule has 118 valence electrons. The second kappa shape index (κ2) is 6.65. The summed E-state index contributed by atoms with van der Waals surface area (Å²) < 4.78 is 0. The summed E-state index contributed by atoms with van der Waals surface area (Å²) in [6, 6.07) is -1.49. The number of amides is 3. The first-order valence-corrected chi connectivity index (χ1v) is 8.21. The number of carbonyl (C=O) groups excluding carboxylic acids is 3. The highest BCUT2D eigenvalue weighted by Gasteiger charge is 2.44. The number of rotatable bonds is 4. The van der Waals surface area contributed by atoms with E-state index in [2.05, 4.69) is 10.6 Å². The lowest BCUT2D eigenvalue weighted by molar-refractivity contribution is -0.141. The van der Waals surface area contributed by atoms with Crippen LogP contribution in [0, 0.1) is 0 Å². The highest BCUT2D eigenvalue weighted by atomic mass is 32.2. The normalized spacial score (nSPS) is 30.5. The van der Waals surface area contributed by atoms with Gasteiger partial charge < -0.3 is 21.3 Å². The van der Waals surface area contributed by atoms with Crippen LogP contribution in [0.1, 0.15) is 26.2 Å². The van der Waals surface area contributed by atoms with Crippen molar-refractivity contribution in [3.8, 4) is 0 Å². The van der Waals surface area contributed by atoms with Crippen LogP contribution in [0.5, 0.6) is 0 Å². The number of nitrogens with one attached hydrogen (secondary N) is 2. The third-order valence-corrected chi connectivity index (χ3v) is 5.39. The molecule has 7 nitrogen and oxygen atoms in total. The topological polar surface area (TPSA) is 105 Å². The molecule has 8 heteroatoms. The van der Waals surface area contributed by atoms with Gasteiger partial charge in [-0.25, -0.2) is 0 Å². The van der Waals surface area contributed by atoms with Gasteiger partial charge in [0.1, 0.15) is 12.1 Å². The van der Waals surface area contributed by atoms with E-state index < -0.39 is 18.0 Å². The minimum atomic E-state index is -0.578. The molecule has 2 saturated heterocycles. The molecule has 0 spiro atoms. The Morgan fingerprint density at radius 2 is 2.10 bits per heavy atom. The van der Waals surface area contributed by atoms with Crippen molar-refractivity contribution in [3.05, 3.63) is 0 Å². The minimum absolute atomic E-state index is 0.00127. The molecular weight excluding hydrogens is 292 g/mol. The van der Waals surface area contributed by atoms with Gasteiger partial charge in [-0.15, -0.1) is 11.8 Å². The summed E-state index contributed by atoms with van der Waals surface area (Å²) in [5.74, 6) is -0.101. The Morgan fingerprint density at radius 3 is 2.71 bits per heavy atom. The van der Waals surface area contributed by atoms with E-state index in [1.807, 2.05) is 0 Å². The average Bonchev–Trinajstić information content (AvgIpc) is 2.82. The Hall–Kier alpha value is -1.28. The van der Waals surface area contributed by atoms with Crippen molar-refractivity contribution in [3.63, 3.8) is 0 Å². The third kappa shape index (κ3) is 3.32. The van der Waals surface area contributed by atoms with Crippen LogP contribution in [0.25, 0.3) is 0 Å². The molecule has 2 fully saturated rings. The maximum Gasteiger partial charge on any atom is 0.246 e. The summed E-state index contributed by atoms with van der Waals surface area (Å²) in [5.41, 5.74) is 5.39. The molecule has 4 N–H and O–H groups in total. The molecule has 0 aromatic carbocycles. The van der Waals surface area contributed by atoms with Gasteiger partial charge in [-0.05, 0) is 39.0 Å². The third-order valence-electron chi connectivity index (χ3n) is 4.07. The molecule has 2 aliphatic rings. The van der Waals surface area contributed by atoms with Gasteiger partial charge in [0.2, 0.25) is 17.7 Å². The first kappa shape index (κ1) is 16.1. The van der Waals surface area contributed by atoms with Crippen LogP contribution >= 0.6 is 11.8 Å². The predicted molar refractivity (Wildman–Crippen MR) is 80.4 cm³/mol. The summed E-state index contributed by atoms with van der Waals surface area (Å²) in [4.78, 5) is 37.7. The average molecular weight is 314 g/mol. The van der Waals surface area contributed by atoms with E-state index in [4.69, 9.17) is 5.73 Å². The van der Waals surface area contributed by atoms with Gasteiger partial charge in [-0.1, -0.05) is 0 Å².